The fourth-order valence-electron chi connectivity index (χ4n) is 2.39. The van der Waals surface area contributed by atoms with Crippen LogP contribution < -0.4 is 5.32 Å². The highest BCUT2D eigenvalue weighted by atomic mass is 32.2. The molecule has 24 heavy (non-hydrogen) atoms. The van der Waals surface area contributed by atoms with Crippen LogP contribution >= 0.6 is 11.8 Å². The summed E-state index contributed by atoms with van der Waals surface area (Å²) in [7, 11) is 0. The van der Waals surface area contributed by atoms with E-state index in [-0.39, 0.29) is 5.91 Å². The van der Waals surface area contributed by atoms with Crippen LogP contribution in [0.25, 0.3) is 5.69 Å². The van der Waals surface area contributed by atoms with Gasteiger partial charge in [-0.3, -0.25) is 4.79 Å². The molecule has 0 saturated carbocycles. The summed E-state index contributed by atoms with van der Waals surface area (Å²) in [6.45, 7) is 0. The fourth-order valence-corrected chi connectivity index (χ4v) is 2.85. The summed E-state index contributed by atoms with van der Waals surface area (Å²) in [5.74, 6) is 0.0146. The minimum atomic E-state index is 0.0146. The summed E-state index contributed by atoms with van der Waals surface area (Å²) in [5, 5.41) is 7.30. The Balaban J connectivity index is 1.56. The summed E-state index contributed by atoms with van der Waals surface area (Å²) in [6, 6.07) is 17.8. The number of hydrogen-bond donors (Lipinski definition) is 1. The number of aromatic nitrogens is 2. The Morgan fingerprint density at radius 1 is 1.17 bits per heavy atom. The molecule has 3 aromatic rings. The SMILES string of the molecule is CSc1cccc(NC(=O)CCc2cnn(-c3ccccc3)c2)c1. The van der Waals surface area contributed by atoms with E-state index in [2.05, 4.69) is 10.4 Å². The number of carbonyl (C=O) groups excluding carboxylic acids is 1. The van der Waals surface area contributed by atoms with Gasteiger partial charge in [0, 0.05) is 23.2 Å². The zero-order chi connectivity index (χ0) is 16.8. The van der Waals surface area contributed by atoms with Crippen molar-refractivity contribution < 1.29 is 4.79 Å². The largest absolute Gasteiger partial charge is 0.326 e. The number of amides is 1. The Labute approximate surface area is 145 Å². The van der Waals surface area contributed by atoms with Crippen LogP contribution in [0.1, 0.15) is 12.0 Å². The highest BCUT2D eigenvalue weighted by Gasteiger charge is 2.06. The van der Waals surface area contributed by atoms with Gasteiger partial charge in [0.25, 0.3) is 0 Å². The first-order chi connectivity index (χ1) is 11.7. The maximum atomic E-state index is 12.1. The van der Waals surface area contributed by atoms with Gasteiger partial charge in [0.1, 0.15) is 0 Å². The van der Waals surface area contributed by atoms with Crippen molar-refractivity contribution in [1.29, 1.82) is 0 Å². The van der Waals surface area contributed by atoms with E-state index < -0.39 is 0 Å². The summed E-state index contributed by atoms with van der Waals surface area (Å²) < 4.78 is 1.83. The van der Waals surface area contributed by atoms with E-state index >= 15 is 0 Å². The molecule has 3 rings (SSSR count). The third kappa shape index (κ3) is 4.26. The van der Waals surface area contributed by atoms with Crippen molar-refractivity contribution in [3.05, 3.63) is 72.6 Å². The van der Waals surface area contributed by atoms with Gasteiger partial charge in [-0.2, -0.15) is 5.10 Å². The molecule has 0 aliphatic heterocycles. The predicted octanol–water partition coefficient (Wildman–Crippen LogP) is 4.17. The number of nitrogens with one attached hydrogen (secondary N) is 1. The average Bonchev–Trinajstić information content (AvgIpc) is 3.10. The van der Waals surface area contributed by atoms with Gasteiger partial charge in [0.2, 0.25) is 5.91 Å². The van der Waals surface area contributed by atoms with E-state index in [1.54, 1.807) is 11.8 Å². The van der Waals surface area contributed by atoms with Gasteiger partial charge in [-0.05, 0) is 48.6 Å². The monoisotopic (exact) mass is 337 g/mol. The molecule has 0 spiro atoms. The van der Waals surface area contributed by atoms with Crippen LogP contribution in [0.4, 0.5) is 5.69 Å². The lowest BCUT2D eigenvalue weighted by Gasteiger charge is -2.06. The molecule has 0 unspecified atom stereocenters. The van der Waals surface area contributed by atoms with Gasteiger partial charge in [-0.25, -0.2) is 4.68 Å². The van der Waals surface area contributed by atoms with Gasteiger partial charge < -0.3 is 5.32 Å². The first-order valence-corrected chi connectivity index (χ1v) is 9.00. The zero-order valence-electron chi connectivity index (χ0n) is 13.5. The molecule has 0 aliphatic carbocycles. The third-order valence-corrected chi connectivity index (χ3v) is 4.38. The highest BCUT2D eigenvalue weighted by molar-refractivity contribution is 7.98. The molecule has 0 fully saturated rings. The Morgan fingerprint density at radius 2 is 2.00 bits per heavy atom. The van der Waals surface area contributed by atoms with E-state index in [4.69, 9.17) is 0 Å². The number of rotatable bonds is 6. The summed E-state index contributed by atoms with van der Waals surface area (Å²) in [5.41, 5.74) is 2.90. The van der Waals surface area contributed by atoms with Crippen molar-refractivity contribution in [1.82, 2.24) is 9.78 Å². The molecule has 2 aromatic carbocycles. The lowest BCUT2D eigenvalue weighted by molar-refractivity contribution is -0.116. The molecule has 0 aliphatic rings. The number of hydrogen-bond acceptors (Lipinski definition) is 3. The topological polar surface area (TPSA) is 46.9 Å². The average molecular weight is 337 g/mol. The predicted molar refractivity (Wildman–Crippen MR) is 98.7 cm³/mol. The first kappa shape index (κ1) is 16.3. The maximum Gasteiger partial charge on any atom is 0.224 e. The molecule has 5 heteroatoms. The fraction of sp³-hybridized carbons (Fsp3) is 0.158. The van der Waals surface area contributed by atoms with E-state index in [9.17, 15) is 4.79 Å². The standard InChI is InChI=1S/C19H19N3OS/c1-24-18-9-5-6-16(12-18)21-19(23)11-10-15-13-20-22(14-15)17-7-3-2-4-8-17/h2-9,12-14H,10-11H2,1H3,(H,21,23). The molecule has 122 valence electrons. The number of carbonyl (C=O) groups is 1. The molecule has 1 amide bonds. The maximum absolute atomic E-state index is 12.1. The van der Waals surface area contributed by atoms with E-state index in [1.165, 1.54) is 0 Å². The van der Waals surface area contributed by atoms with Gasteiger partial charge in [0.15, 0.2) is 0 Å². The number of anilines is 1. The summed E-state index contributed by atoms with van der Waals surface area (Å²) in [4.78, 5) is 13.3. The molecule has 0 saturated heterocycles. The number of nitrogens with zero attached hydrogens (tertiary/aromatic N) is 2. The quantitative estimate of drug-likeness (QED) is 0.687. The third-order valence-electron chi connectivity index (χ3n) is 3.65. The number of benzene rings is 2. The molecule has 1 N–H and O–H groups in total. The molecule has 1 aromatic heterocycles. The zero-order valence-corrected chi connectivity index (χ0v) is 14.3. The van der Waals surface area contributed by atoms with Crippen molar-refractivity contribution in [3.8, 4) is 5.69 Å². The number of para-hydroxylation sites is 1. The van der Waals surface area contributed by atoms with Crippen LogP contribution in [0, 0.1) is 0 Å². The van der Waals surface area contributed by atoms with Crippen LogP contribution in [-0.4, -0.2) is 21.9 Å². The smallest absolute Gasteiger partial charge is 0.224 e. The van der Waals surface area contributed by atoms with Gasteiger partial charge in [0.05, 0.1) is 11.9 Å². The second-order valence-corrected chi connectivity index (χ2v) is 6.29. The van der Waals surface area contributed by atoms with Gasteiger partial charge in [-0.1, -0.05) is 24.3 Å². The molecular formula is C19H19N3OS. The normalized spacial score (nSPS) is 10.5. The molecule has 0 bridgehead atoms. The highest BCUT2D eigenvalue weighted by Crippen LogP contribution is 2.19. The van der Waals surface area contributed by atoms with Crippen LogP contribution in [-0.2, 0) is 11.2 Å². The molecule has 1 heterocycles. The van der Waals surface area contributed by atoms with Crippen molar-refractivity contribution in [3.63, 3.8) is 0 Å². The van der Waals surface area contributed by atoms with E-state index in [0.717, 1.165) is 21.8 Å². The summed E-state index contributed by atoms with van der Waals surface area (Å²) >= 11 is 1.66. The minimum Gasteiger partial charge on any atom is -0.326 e. The Bertz CT molecular complexity index is 814. The lowest BCUT2D eigenvalue weighted by Crippen LogP contribution is -2.12. The van der Waals surface area contributed by atoms with Crippen LogP contribution in [0.3, 0.4) is 0 Å². The second-order valence-electron chi connectivity index (χ2n) is 5.41. The Kier molecular flexibility index (Phi) is 5.33. The lowest BCUT2D eigenvalue weighted by atomic mass is 10.2. The van der Waals surface area contributed by atoms with Crippen molar-refractivity contribution in [2.45, 2.75) is 17.7 Å². The van der Waals surface area contributed by atoms with E-state index in [0.29, 0.717) is 12.8 Å². The molecule has 0 radical (unpaired) electrons. The Hall–Kier alpha value is -2.53. The van der Waals surface area contributed by atoms with Crippen molar-refractivity contribution in [2.24, 2.45) is 0 Å². The second kappa shape index (κ2) is 7.84. The van der Waals surface area contributed by atoms with Crippen LogP contribution in [0.15, 0.2) is 71.9 Å². The van der Waals surface area contributed by atoms with Gasteiger partial charge in [-0.15, -0.1) is 11.8 Å². The van der Waals surface area contributed by atoms with Crippen LogP contribution in [0.5, 0.6) is 0 Å². The summed E-state index contributed by atoms with van der Waals surface area (Å²) in [6.07, 6.45) is 6.90. The number of thioether (sulfide) groups is 1. The van der Waals surface area contributed by atoms with Crippen molar-refractivity contribution >= 4 is 23.4 Å². The first-order valence-electron chi connectivity index (χ1n) is 7.77. The van der Waals surface area contributed by atoms with Gasteiger partial charge >= 0.3 is 0 Å². The Morgan fingerprint density at radius 3 is 2.79 bits per heavy atom. The molecular weight excluding hydrogens is 318 g/mol. The number of aryl methyl sites for hydroxylation is 1. The van der Waals surface area contributed by atoms with E-state index in [1.807, 2.05) is 77.9 Å². The van der Waals surface area contributed by atoms with Crippen LogP contribution in [0.2, 0.25) is 0 Å². The van der Waals surface area contributed by atoms with Crippen molar-refractivity contribution in [2.75, 3.05) is 11.6 Å². The minimum absolute atomic E-state index is 0.0146. The molecule has 0 atom stereocenters. The molecule has 4 nitrogen and oxygen atoms in total.